The van der Waals surface area contributed by atoms with Crippen LogP contribution in [-0.2, 0) is 6.42 Å². The fourth-order valence-corrected chi connectivity index (χ4v) is 6.19. The standard InChI is InChI=1S/C37H30.3C2H6/c1-25-10-12-30(13-11-25)37-35-9-5-3-7-28(35)20-23-36(37)29-16-14-26(15-17-29)31-21-22-34-32(24-31)19-18-27-6-2-4-8-33(27)34;3*1-2/h2-10,12,14-19,21-22,24H,11,13,20,23H2,1H3;3*1-2H3. The monoisotopic (exact) mass is 564 g/mol. The van der Waals surface area contributed by atoms with Gasteiger partial charge in [-0.15, -0.1) is 0 Å². The first kappa shape index (κ1) is 31.8. The van der Waals surface area contributed by atoms with E-state index in [9.17, 15) is 0 Å². The molecule has 7 rings (SSSR count). The highest BCUT2D eigenvalue weighted by Crippen LogP contribution is 2.43. The summed E-state index contributed by atoms with van der Waals surface area (Å²) in [6, 6.07) is 38.3. The van der Waals surface area contributed by atoms with Gasteiger partial charge in [-0.25, -0.2) is 0 Å². The Morgan fingerprint density at radius 1 is 0.465 bits per heavy atom. The maximum atomic E-state index is 2.36. The molecule has 0 amide bonds. The third kappa shape index (κ3) is 6.75. The maximum Gasteiger partial charge on any atom is -0.0105 e. The van der Waals surface area contributed by atoms with Crippen molar-refractivity contribution in [3.63, 3.8) is 0 Å². The summed E-state index contributed by atoms with van der Waals surface area (Å²) < 4.78 is 0. The molecule has 0 saturated carbocycles. The zero-order valence-electron chi connectivity index (χ0n) is 27.3. The lowest BCUT2D eigenvalue weighted by atomic mass is 9.77. The van der Waals surface area contributed by atoms with Gasteiger partial charge in [0.1, 0.15) is 0 Å². The van der Waals surface area contributed by atoms with E-state index in [0.29, 0.717) is 0 Å². The average molecular weight is 565 g/mol. The second-order valence-electron chi connectivity index (χ2n) is 10.5. The molecule has 0 heterocycles. The Morgan fingerprint density at radius 2 is 1.09 bits per heavy atom. The molecule has 5 aromatic carbocycles. The van der Waals surface area contributed by atoms with Crippen LogP contribution in [0.2, 0.25) is 0 Å². The molecule has 0 bridgehead atoms. The minimum absolute atomic E-state index is 1.09. The van der Waals surface area contributed by atoms with Crippen LogP contribution in [0.15, 0.2) is 126 Å². The topological polar surface area (TPSA) is 0 Å². The molecule has 0 aromatic heterocycles. The van der Waals surface area contributed by atoms with E-state index in [0.717, 1.165) is 25.7 Å². The van der Waals surface area contributed by atoms with Gasteiger partial charge in [-0.3, -0.25) is 0 Å². The predicted molar refractivity (Wildman–Crippen MR) is 194 cm³/mol. The quantitative estimate of drug-likeness (QED) is 0.191. The molecule has 5 aromatic rings. The highest BCUT2D eigenvalue weighted by molar-refractivity contribution is 6.08. The highest BCUT2D eigenvalue weighted by Gasteiger charge is 2.23. The van der Waals surface area contributed by atoms with Crippen LogP contribution in [0.1, 0.15) is 84.4 Å². The van der Waals surface area contributed by atoms with Crippen LogP contribution in [0.3, 0.4) is 0 Å². The zero-order chi connectivity index (χ0) is 30.8. The van der Waals surface area contributed by atoms with Crippen molar-refractivity contribution in [2.45, 2.75) is 74.1 Å². The number of allylic oxidation sites excluding steroid dienone is 6. The Kier molecular flexibility index (Phi) is 11.3. The summed E-state index contributed by atoms with van der Waals surface area (Å²) in [7, 11) is 0. The lowest BCUT2D eigenvalue weighted by molar-refractivity contribution is 0.921. The van der Waals surface area contributed by atoms with Crippen molar-refractivity contribution in [1.82, 2.24) is 0 Å². The van der Waals surface area contributed by atoms with Crippen LogP contribution in [0.4, 0.5) is 0 Å². The lowest BCUT2D eigenvalue weighted by Gasteiger charge is -2.27. The first-order valence-electron chi connectivity index (χ1n) is 16.4. The molecule has 0 spiro atoms. The molecule has 2 aliphatic rings. The second-order valence-corrected chi connectivity index (χ2v) is 10.5. The molecule has 0 radical (unpaired) electrons. The van der Waals surface area contributed by atoms with Gasteiger partial charge in [0.25, 0.3) is 0 Å². The van der Waals surface area contributed by atoms with Crippen LogP contribution >= 0.6 is 0 Å². The number of fused-ring (bicyclic) bond motifs is 4. The average Bonchev–Trinajstić information content (AvgIpc) is 3.10. The van der Waals surface area contributed by atoms with Gasteiger partial charge in [0, 0.05) is 0 Å². The molecule has 0 aliphatic heterocycles. The van der Waals surface area contributed by atoms with Crippen molar-refractivity contribution in [1.29, 1.82) is 0 Å². The third-order valence-corrected chi connectivity index (χ3v) is 8.22. The minimum atomic E-state index is 1.09. The number of aryl methyl sites for hydroxylation is 1. The fourth-order valence-electron chi connectivity index (χ4n) is 6.19. The third-order valence-electron chi connectivity index (χ3n) is 8.22. The van der Waals surface area contributed by atoms with E-state index >= 15 is 0 Å². The molecule has 0 atom stereocenters. The normalized spacial score (nSPS) is 13.7. The highest BCUT2D eigenvalue weighted by atomic mass is 14.3. The van der Waals surface area contributed by atoms with Crippen LogP contribution < -0.4 is 0 Å². The summed E-state index contributed by atoms with van der Waals surface area (Å²) in [6.45, 7) is 14.2. The predicted octanol–water partition coefficient (Wildman–Crippen LogP) is 13.3. The van der Waals surface area contributed by atoms with Crippen molar-refractivity contribution >= 4 is 32.7 Å². The molecule has 2 aliphatic carbocycles. The van der Waals surface area contributed by atoms with Crippen molar-refractivity contribution in [3.8, 4) is 11.1 Å². The van der Waals surface area contributed by atoms with Crippen molar-refractivity contribution in [2.75, 3.05) is 0 Å². The van der Waals surface area contributed by atoms with Crippen LogP contribution in [-0.4, -0.2) is 0 Å². The minimum Gasteiger partial charge on any atom is -0.0730 e. The molecule has 43 heavy (non-hydrogen) atoms. The van der Waals surface area contributed by atoms with E-state index in [4.69, 9.17) is 0 Å². The summed E-state index contributed by atoms with van der Waals surface area (Å²) in [5, 5.41) is 5.23. The molecule has 0 fully saturated rings. The molecule has 0 N–H and O–H groups in total. The van der Waals surface area contributed by atoms with Crippen molar-refractivity contribution in [2.24, 2.45) is 0 Å². The Balaban J connectivity index is 0.000000666. The van der Waals surface area contributed by atoms with Gasteiger partial charge in [-0.1, -0.05) is 156 Å². The first-order chi connectivity index (χ1) is 21.2. The smallest absolute Gasteiger partial charge is 0.0105 e. The Bertz CT molecular complexity index is 1760. The SMILES string of the molecule is CC.CC.CC.CC1=CC=C(C2=C(c3ccc(-c4ccc5c(ccc6ccccc65)c4)cc3)CCc3ccccc32)CC1. The van der Waals surface area contributed by atoms with Crippen LogP contribution in [0, 0.1) is 0 Å². The zero-order valence-corrected chi connectivity index (χ0v) is 27.3. The summed E-state index contributed by atoms with van der Waals surface area (Å²) in [5.74, 6) is 0. The van der Waals surface area contributed by atoms with Crippen molar-refractivity contribution < 1.29 is 0 Å². The summed E-state index contributed by atoms with van der Waals surface area (Å²) in [4.78, 5) is 0. The molecule has 0 heteroatoms. The van der Waals surface area contributed by atoms with E-state index in [1.807, 2.05) is 41.5 Å². The number of benzene rings is 5. The lowest BCUT2D eigenvalue weighted by Crippen LogP contribution is -2.08. The molecule has 220 valence electrons. The van der Waals surface area contributed by atoms with Crippen molar-refractivity contribution in [3.05, 3.63) is 143 Å². The van der Waals surface area contributed by atoms with Gasteiger partial charge >= 0.3 is 0 Å². The number of hydrogen-bond donors (Lipinski definition) is 0. The van der Waals surface area contributed by atoms with Gasteiger partial charge in [0.15, 0.2) is 0 Å². The fraction of sp³-hybridized carbons (Fsp3) is 0.256. The maximum absolute atomic E-state index is 2.36. The largest absolute Gasteiger partial charge is 0.0730 e. The Hall–Kier alpha value is -4.16. The van der Waals surface area contributed by atoms with Crippen LogP contribution in [0.5, 0.6) is 0 Å². The van der Waals surface area contributed by atoms with Gasteiger partial charge < -0.3 is 0 Å². The summed E-state index contributed by atoms with van der Waals surface area (Å²) in [6.07, 6.45) is 9.16. The second kappa shape index (κ2) is 15.4. The van der Waals surface area contributed by atoms with Gasteiger partial charge in [-0.2, -0.15) is 0 Å². The molecular weight excluding hydrogens is 516 g/mol. The number of hydrogen-bond acceptors (Lipinski definition) is 0. The van der Waals surface area contributed by atoms with E-state index in [1.165, 1.54) is 71.7 Å². The molecular formula is C43H48. The van der Waals surface area contributed by atoms with Gasteiger partial charge in [0.2, 0.25) is 0 Å². The van der Waals surface area contributed by atoms with Crippen LogP contribution in [0.25, 0.3) is 43.8 Å². The summed E-state index contributed by atoms with van der Waals surface area (Å²) >= 11 is 0. The Morgan fingerprint density at radius 3 is 1.84 bits per heavy atom. The number of rotatable bonds is 3. The molecule has 0 nitrogen and oxygen atoms in total. The summed E-state index contributed by atoms with van der Waals surface area (Å²) in [5.41, 5.74) is 12.7. The van der Waals surface area contributed by atoms with E-state index in [2.05, 4.69) is 122 Å². The van der Waals surface area contributed by atoms with Gasteiger partial charge in [0.05, 0.1) is 0 Å². The first-order valence-corrected chi connectivity index (χ1v) is 16.4. The molecule has 0 unspecified atom stereocenters. The molecule has 0 saturated heterocycles. The van der Waals surface area contributed by atoms with E-state index < -0.39 is 0 Å². The van der Waals surface area contributed by atoms with E-state index in [1.54, 1.807) is 0 Å². The Labute approximate surface area is 260 Å². The van der Waals surface area contributed by atoms with Gasteiger partial charge in [-0.05, 0) is 105 Å². The van der Waals surface area contributed by atoms with E-state index in [-0.39, 0.29) is 0 Å².